The van der Waals surface area contributed by atoms with Gasteiger partial charge in [-0.25, -0.2) is 4.68 Å². The maximum absolute atomic E-state index is 13.4. The number of hydrogen-bond acceptors (Lipinski definition) is 8. The molecule has 2 aromatic carbocycles. The highest BCUT2D eigenvalue weighted by Gasteiger charge is 2.46. The minimum absolute atomic E-state index is 0.117. The average Bonchev–Trinajstić information content (AvgIpc) is 3.45. The molecule has 3 heterocycles. The van der Waals surface area contributed by atoms with Gasteiger partial charge >= 0.3 is 0 Å². The Morgan fingerprint density at radius 1 is 1.11 bits per heavy atom. The molecule has 2 fully saturated rings. The number of aliphatic hydroxyl groups excluding tert-OH is 1. The van der Waals surface area contributed by atoms with Crippen molar-refractivity contribution in [3.05, 3.63) is 93.3 Å². The molecule has 0 aliphatic carbocycles. The molecule has 11 heteroatoms. The molecule has 3 aromatic rings. The van der Waals surface area contributed by atoms with Gasteiger partial charge in [0.25, 0.3) is 17.4 Å². The normalized spacial score (nSPS) is 19.7. The van der Waals surface area contributed by atoms with Crippen LogP contribution in [0.4, 0.5) is 5.69 Å². The highest BCUT2D eigenvalue weighted by atomic mass is 16.6. The van der Waals surface area contributed by atoms with E-state index in [9.17, 15) is 24.8 Å². The Morgan fingerprint density at radius 2 is 1.84 bits per heavy atom. The summed E-state index contributed by atoms with van der Waals surface area (Å²) in [6.07, 6.45) is 1.45. The van der Waals surface area contributed by atoms with Gasteiger partial charge in [0.1, 0.15) is 5.76 Å². The van der Waals surface area contributed by atoms with Crippen molar-refractivity contribution in [2.75, 3.05) is 39.4 Å². The van der Waals surface area contributed by atoms with E-state index >= 15 is 0 Å². The van der Waals surface area contributed by atoms with Gasteiger partial charge in [-0.2, -0.15) is 5.10 Å². The number of carbonyl (C=O) groups excluding carboxylic acids is 2. The van der Waals surface area contributed by atoms with Crippen LogP contribution in [0.3, 0.4) is 0 Å². The lowest BCUT2D eigenvalue weighted by molar-refractivity contribution is -0.384. The van der Waals surface area contributed by atoms with Crippen LogP contribution in [-0.4, -0.2) is 80.7 Å². The molecule has 2 saturated heterocycles. The van der Waals surface area contributed by atoms with Gasteiger partial charge in [-0.3, -0.25) is 24.6 Å². The number of aromatic nitrogens is 2. The Kier molecular flexibility index (Phi) is 7.03. The first-order valence-electron chi connectivity index (χ1n) is 12.3. The van der Waals surface area contributed by atoms with E-state index in [1.54, 1.807) is 17.7 Å². The zero-order chi connectivity index (χ0) is 26.8. The van der Waals surface area contributed by atoms with Crippen molar-refractivity contribution in [3.8, 4) is 5.69 Å². The van der Waals surface area contributed by atoms with Gasteiger partial charge in [0, 0.05) is 38.3 Å². The summed E-state index contributed by atoms with van der Waals surface area (Å²) in [7, 11) is 0. The van der Waals surface area contributed by atoms with E-state index in [0.29, 0.717) is 49.7 Å². The fourth-order valence-electron chi connectivity index (χ4n) is 4.96. The summed E-state index contributed by atoms with van der Waals surface area (Å²) >= 11 is 0. The van der Waals surface area contributed by atoms with Crippen LogP contribution in [0.2, 0.25) is 0 Å². The van der Waals surface area contributed by atoms with E-state index in [2.05, 4.69) is 10.00 Å². The van der Waals surface area contributed by atoms with Crippen LogP contribution >= 0.6 is 0 Å². The Bertz CT molecular complexity index is 1410. The number of para-hydroxylation sites is 1. The van der Waals surface area contributed by atoms with E-state index in [0.717, 1.165) is 5.69 Å². The molecule has 38 heavy (non-hydrogen) atoms. The van der Waals surface area contributed by atoms with Crippen LogP contribution < -0.4 is 0 Å². The monoisotopic (exact) mass is 517 g/mol. The number of nitrogens with zero attached hydrogens (tertiary/aromatic N) is 5. The predicted molar refractivity (Wildman–Crippen MR) is 138 cm³/mol. The third-order valence-corrected chi connectivity index (χ3v) is 6.96. The first-order chi connectivity index (χ1) is 18.4. The molecule has 0 radical (unpaired) electrons. The van der Waals surface area contributed by atoms with Crippen LogP contribution in [0.25, 0.3) is 11.4 Å². The zero-order valence-corrected chi connectivity index (χ0v) is 20.8. The zero-order valence-electron chi connectivity index (χ0n) is 20.8. The Labute approximate surface area is 218 Å². The largest absolute Gasteiger partial charge is 0.507 e. The molecule has 1 aromatic heterocycles. The van der Waals surface area contributed by atoms with Crippen LogP contribution in [0.5, 0.6) is 0 Å². The van der Waals surface area contributed by atoms with Crippen LogP contribution in [-0.2, 0) is 14.3 Å². The Balaban J connectivity index is 1.58. The second kappa shape index (κ2) is 10.6. The molecule has 196 valence electrons. The molecule has 0 spiro atoms. The number of non-ortho nitro benzene ring substituents is 1. The third kappa shape index (κ3) is 4.69. The Hall–Kier alpha value is -4.35. The van der Waals surface area contributed by atoms with E-state index in [1.807, 2.05) is 30.3 Å². The van der Waals surface area contributed by atoms with E-state index in [4.69, 9.17) is 4.74 Å². The summed E-state index contributed by atoms with van der Waals surface area (Å²) < 4.78 is 7.02. The molecular formula is C27H27N5O6. The minimum Gasteiger partial charge on any atom is -0.507 e. The molecular weight excluding hydrogens is 490 g/mol. The third-order valence-electron chi connectivity index (χ3n) is 6.96. The lowest BCUT2D eigenvalue weighted by Gasteiger charge is -2.30. The van der Waals surface area contributed by atoms with E-state index in [1.165, 1.54) is 29.3 Å². The first kappa shape index (κ1) is 25.3. The smallest absolute Gasteiger partial charge is 0.295 e. The van der Waals surface area contributed by atoms with Crippen molar-refractivity contribution in [3.63, 3.8) is 0 Å². The van der Waals surface area contributed by atoms with Crippen molar-refractivity contribution in [2.24, 2.45) is 0 Å². The Morgan fingerprint density at radius 3 is 2.55 bits per heavy atom. The average molecular weight is 518 g/mol. The van der Waals surface area contributed by atoms with Gasteiger partial charge in [0.05, 0.1) is 52.9 Å². The highest BCUT2D eigenvalue weighted by molar-refractivity contribution is 6.46. The molecule has 0 unspecified atom stereocenters. The van der Waals surface area contributed by atoms with Crippen molar-refractivity contribution >= 4 is 23.1 Å². The molecule has 0 bridgehead atoms. The molecule has 2 aliphatic heterocycles. The summed E-state index contributed by atoms with van der Waals surface area (Å²) in [5, 5.41) is 27.3. The lowest BCUT2D eigenvalue weighted by Crippen LogP contribution is -2.42. The predicted octanol–water partition coefficient (Wildman–Crippen LogP) is 2.84. The number of carbonyl (C=O) groups is 2. The van der Waals surface area contributed by atoms with E-state index in [-0.39, 0.29) is 23.6 Å². The van der Waals surface area contributed by atoms with Crippen molar-refractivity contribution in [1.29, 1.82) is 0 Å². The second-order valence-electron chi connectivity index (χ2n) is 9.19. The van der Waals surface area contributed by atoms with Gasteiger partial charge in [0.15, 0.2) is 0 Å². The number of aliphatic hydroxyl groups is 1. The second-order valence-corrected chi connectivity index (χ2v) is 9.19. The highest BCUT2D eigenvalue weighted by Crippen LogP contribution is 2.40. The minimum atomic E-state index is -0.990. The van der Waals surface area contributed by atoms with Crippen LogP contribution in [0.1, 0.15) is 22.9 Å². The number of benzene rings is 2. The molecule has 5 rings (SSSR count). The van der Waals surface area contributed by atoms with Gasteiger partial charge < -0.3 is 14.7 Å². The number of rotatable bonds is 7. The van der Waals surface area contributed by atoms with Gasteiger partial charge in [-0.05, 0) is 24.6 Å². The summed E-state index contributed by atoms with van der Waals surface area (Å²) in [5.41, 5.74) is 1.73. The molecule has 2 aliphatic rings. The first-order valence-corrected chi connectivity index (χ1v) is 12.3. The van der Waals surface area contributed by atoms with Gasteiger partial charge in [-0.1, -0.05) is 30.3 Å². The topological polar surface area (TPSA) is 131 Å². The van der Waals surface area contributed by atoms with Crippen LogP contribution in [0, 0.1) is 17.0 Å². The number of Topliss-reactive ketones (excluding diaryl/α,β-unsaturated/α-hetero) is 1. The van der Waals surface area contributed by atoms with Gasteiger partial charge in [-0.15, -0.1) is 0 Å². The summed E-state index contributed by atoms with van der Waals surface area (Å²) in [4.78, 5) is 41.1. The fraction of sp³-hybridized carbons (Fsp3) is 0.296. The lowest BCUT2D eigenvalue weighted by atomic mass is 9.95. The number of ketones is 1. The SMILES string of the molecule is Cc1c(C(O)=C2C(=O)C(=O)N(CCN3CCOCC3)[C@@H]2c2cccc([N+](=O)[O-])c2)cnn1-c1ccccc1. The number of nitro benzene ring substituents is 1. The number of morpholine rings is 1. The summed E-state index contributed by atoms with van der Waals surface area (Å²) in [5.74, 6) is -1.97. The number of likely N-dealkylation sites (tertiary alicyclic amines) is 1. The molecule has 0 saturated carbocycles. The summed E-state index contributed by atoms with van der Waals surface area (Å²) in [6, 6.07) is 14.1. The van der Waals surface area contributed by atoms with Crippen molar-refractivity contribution in [2.45, 2.75) is 13.0 Å². The number of nitro groups is 1. The molecule has 11 nitrogen and oxygen atoms in total. The van der Waals surface area contributed by atoms with Crippen LogP contribution in [0.15, 0.2) is 66.4 Å². The van der Waals surface area contributed by atoms with Crippen molar-refractivity contribution in [1.82, 2.24) is 19.6 Å². The molecule has 1 N–H and O–H groups in total. The maximum Gasteiger partial charge on any atom is 0.295 e. The quantitative estimate of drug-likeness (QED) is 0.166. The maximum atomic E-state index is 13.4. The summed E-state index contributed by atoms with van der Waals surface area (Å²) in [6.45, 7) is 5.01. The number of ether oxygens (including phenoxy) is 1. The van der Waals surface area contributed by atoms with Gasteiger partial charge in [0.2, 0.25) is 0 Å². The molecule has 1 atom stereocenters. The number of amides is 1. The number of hydrogen-bond donors (Lipinski definition) is 1. The van der Waals surface area contributed by atoms with E-state index < -0.39 is 22.7 Å². The fourth-order valence-corrected chi connectivity index (χ4v) is 4.96. The standard InChI is InChI=1S/C27H27N5O6/c1-18-22(17-28-31(18)20-7-3-2-4-8-20)25(33)23-24(19-6-5-9-21(16-19)32(36)37)30(27(35)26(23)34)11-10-29-12-14-38-15-13-29/h2-9,16-17,24,33H,10-15H2,1H3/t24-/m1/s1. The molecule has 1 amide bonds. The van der Waals surface area contributed by atoms with Crippen molar-refractivity contribution < 1.29 is 24.4 Å².